The molecular weight excluding hydrogens is 324 g/mol. The van der Waals surface area contributed by atoms with Gasteiger partial charge in [0.05, 0.1) is 27.7 Å². The summed E-state index contributed by atoms with van der Waals surface area (Å²) in [4.78, 5) is 17.2. The van der Waals surface area contributed by atoms with E-state index in [4.69, 9.17) is 17.3 Å². The van der Waals surface area contributed by atoms with Gasteiger partial charge >= 0.3 is 0 Å². The smallest absolute Gasteiger partial charge is 0.267 e. The highest BCUT2D eigenvalue weighted by Gasteiger charge is 2.18. The van der Waals surface area contributed by atoms with Crippen LogP contribution in [0.1, 0.15) is 18.8 Å². The maximum Gasteiger partial charge on any atom is 0.267 e. The Bertz CT molecular complexity index is 949. The second-order valence-electron chi connectivity index (χ2n) is 5.16. The van der Waals surface area contributed by atoms with Gasteiger partial charge in [-0.25, -0.2) is 13.8 Å². The molecule has 0 saturated heterocycles. The molecule has 0 aliphatic rings. The molecule has 0 spiro atoms. The molecule has 0 saturated carbocycles. The first-order chi connectivity index (χ1) is 10.9. The molecule has 1 heterocycles. The number of hydrogen-bond donors (Lipinski definition) is 1. The summed E-state index contributed by atoms with van der Waals surface area (Å²) in [5.41, 5.74) is 5.74. The Hall–Kier alpha value is -2.31. The highest BCUT2D eigenvalue weighted by molar-refractivity contribution is 6.35. The minimum Gasteiger partial charge on any atom is -0.322 e. The third-order valence-corrected chi connectivity index (χ3v) is 3.70. The summed E-state index contributed by atoms with van der Waals surface area (Å²) in [5, 5.41) is 0.380. The zero-order valence-corrected chi connectivity index (χ0v) is 12.8. The summed E-state index contributed by atoms with van der Waals surface area (Å²) in [6, 6.07) is 7.02. The van der Waals surface area contributed by atoms with Gasteiger partial charge in [-0.3, -0.25) is 9.36 Å². The van der Waals surface area contributed by atoms with Gasteiger partial charge in [0.1, 0.15) is 17.5 Å². The standard InChI is InChI=1S/C16H12ClF2N3O/c1-8(20)15-21-13-4-2-3-12(17)14(13)16(23)22(15)11-6-9(18)5-10(19)7-11/h2-8H,20H2,1H3/t8-/m1/s1. The SMILES string of the molecule is C[C@@H](N)c1nc2cccc(Cl)c2c(=O)n1-c1cc(F)cc(F)c1. The summed E-state index contributed by atoms with van der Waals surface area (Å²) in [5.74, 6) is -1.42. The predicted molar refractivity (Wildman–Crippen MR) is 84.9 cm³/mol. The third kappa shape index (κ3) is 2.71. The largest absolute Gasteiger partial charge is 0.322 e. The lowest BCUT2D eigenvalue weighted by Gasteiger charge is -2.16. The van der Waals surface area contributed by atoms with Crippen molar-refractivity contribution in [3.05, 3.63) is 69.2 Å². The van der Waals surface area contributed by atoms with Gasteiger partial charge in [-0.05, 0) is 31.2 Å². The van der Waals surface area contributed by atoms with Gasteiger partial charge in [0.15, 0.2) is 0 Å². The monoisotopic (exact) mass is 335 g/mol. The molecule has 2 aromatic carbocycles. The zero-order valence-electron chi connectivity index (χ0n) is 12.1. The molecule has 118 valence electrons. The van der Waals surface area contributed by atoms with Crippen molar-refractivity contribution in [3.8, 4) is 5.69 Å². The average molecular weight is 336 g/mol. The lowest BCUT2D eigenvalue weighted by atomic mass is 10.2. The van der Waals surface area contributed by atoms with E-state index in [0.717, 1.165) is 22.8 Å². The van der Waals surface area contributed by atoms with Crippen LogP contribution in [0.3, 0.4) is 0 Å². The topological polar surface area (TPSA) is 60.9 Å². The number of rotatable bonds is 2. The first-order valence-corrected chi connectivity index (χ1v) is 7.19. The maximum atomic E-state index is 13.5. The minimum absolute atomic E-state index is 0.00844. The fraction of sp³-hybridized carbons (Fsp3) is 0.125. The van der Waals surface area contributed by atoms with Gasteiger partial charge in [-0.2, -0.15) is 0 Å². The molecule has 0 amide bonds. The van der Waals surface area contributed by atoms with Crippen LogP contribution >= 0.6 is 11.6 Å². The molecule has 0 aliphatic heterocycles. The van der Waals surface area contributed by atoms with Crippen LogP contribution in [0.4, 0.5) is 8.78 Å². The molecular formula is C16H12ClF2N3O. The molecule has 0 radical (unpaired) electrons. The number of nitrogens with zero attached hydrogens (tertiary/aromatic N) is 2. The molecule has 2 N–H and O–H groups in total. The minimum atomic E-state index is -0.804. The van der Waals surface area contributed by atoms with Crippen molar-refractivity contribution in [1.82, 2.24) is 9.55 Å². The first-order valence-electron chi connectivity index (χ1n) is 6.81. The fourth-order valence-corrected chi connectivity index (χ4v) is 2.68. The molecule has 4 nitrogen and oxygen atoms in total. The molecule has 0 unspecified atom stereocenters. The fourth-order valence-electron chi connectivity index (χ4n) is 2.43. The third-order valence-electron chi connectivity index (χ3n) is 3.39. The molecule has 0 bridgehead atoms. The summed E-state index contributed by atoms with van der Waals surface area (Å²) in [6.45, 7) is 1.63. The van der Waals surface area contributed by atoms with Gasteiger partial charge < -0.3 is 5.73 Å². The summed E-state index contributed by atoms with van der Waals surface area (Å²) in [6.07, 6.45) is 0. The van der Waals surface area contributed by atoms with Crippen LogP contribution in [0.25, 0.3) is 16.6 Å². The van der Waals surface area contributed by atoms with Gasteiger partial charge in [0.25, 0.3) is 5.56 Å². The summed E-state index contributed by atoms with van der Waals surface area (Å²) < 4.78 is 28.2. The van der Waals surface area contributed by atoms with Crippen molar-refractivity contribution in [2.24, 2.45) is 5.73 Å². The lowest BCUT2D eigenvalue weighted by molar-refractivity contribution is 0.579. The van der Waals surface area contributed by atoms with Crippen LogP contribution in [0, 0.1) is 11.6 Å². The Morgan fingerprint density at radius 3 is 2.48 bits per heavy atom. The Balaban J connectivity index is 2.47. The average Bonchev–Trinajstić information content (AvgIpc) is 2.45. The van der Waals surface area contributed by atoms with Gasteiger partial charge in [0.2, 0.25) is 0 Å². The zero-order chi connectivity index (χ0) is 16.7. The normalized spacial score (nSPS) is 12.6. The Morgan fingerprint density at radius 1 is 1.22 bits per heavy atom. The van der Waals surface area contributed by atoms with Crippen LogP contribution in [-0.2, 0) is 0 Å². The molecule has 1 atom stereocenters. The van der Waals surface area contributed by atoms with Crippen molar-refractivity contribution >= 4 is 22.5 Å². The Morgan fingerprint density at radius 2 is 1.87 bits per heavy atom. The quantitative estimate of drug-likeness (QED) is 0.781. The predicted octanol–water partition coefficient (Wildman–Crippen LogP) is 3.34. The first kappa shape index (κ1) is 15.6. The van der Waals surface area contributed by atoms with Crippen LogP contribution in [0.15, 0.2) is 41.2 Å². The molecule has 23 heavy (non-hydrogen) atoms. The van der Waals surface area contributed by atoms with E-state index in [1.54, 1.807) is 25.1 Å². The Kier molecular flexibility index (Phi) is 3.87. The van der Waals surface area contributed by atoms with Crippen molar-refractivity contribution in [2.75, 3.05) is 0 Å². The number of nitrogens with two attached hydrogens (primary N) is 1. The number of aromatic nitrogens is 2. The Labute approximate surface area is 135 Å². The van der Waals surface area contributed by atoms with E-state index in [9.17, 15) is 13.6 Å². The highest BCUT2D eigenvalue weighted by Crippen LogP contribution is 2.22. The van der Waals surface area contributed by atoms with Crippen molar-refractivity contribution in [1.29, 1.82) is 0 Å². The van der Waals surface area contributed by atoms with Crippen molar-refractivity contribution in [2.45, 2.75) is 13.0 Å². The second-order valence-corrected chi connectivity index (χ2v) is 5.57. The van der Waals surface area contributed by atoms with Crippen LogP contribution in [0.2, 0.25) is 5.02 Å². The van der Waals surface area contributed by atoms with E-state index >= 15 is 0 Å². The van der Waals surface area contributed by atoms with E-state index in [1.165, 1.54) is 0 Å². The number of benzene rings is 2. The van der Waals surface area contributed by atoms with Gasteiger partial charge in [0, 0.05) is 6.07 Å². The molecule has 0 fully saturated rings. The van der Waals surface area contributed by atoms with E-state index in [2.05, 4.69) is 4.98 Å². The summed E-state index contributed by atoms with van der Waals surface area (Å²) >= 11 is 6.08. The number of hydrogen-bond acceptors (Lipinski definition) is 3. The van der Waals surface area contributed by atoms with E-state index in [-0.39, 0.29) is 21.9 Å². The van der Waals surface area contributed by atoms with Crippen LogP contribution in [0.5, 0.6) is 0 Å². The highest BCUT2D eigenvalue weighted by atomic mass is 35.5. The van der Waals surface area contributed by atoms with E-state index in [1.807, 2.05) is 0 Å². The molecule has 7 heteroatoms. The number of halogens is 3. The van der Waals surface area contributed by atoms with Crippen molar-refractivity contribution in [3.63, 3.8) is 0 Å². The molecule has 0 aliphatic carbocycles. The maximum absolute atomic E-state index is 13.5. The van der Waals surface area contributed by atoms with Crippen molar-refractivity contribution < 1.29 is 8.78 Å². The summed E-state index contributed by atoms with van der Waals surface area (Å²) in [7, 11) is 0. The lowest BCUT2D eigenvalue weighted by Crippen LogP contribution is -2.27. The van der Waals surface area contributed by atoms with E-state index in [0.29, 0.717) is 5.52 Å². The van der Waals surface area contributed by atoms with Gasteiger partial charge in [-0.1, -0.05) is 17.7 Å². The number of fused-ring (bicyclic) bond motifs is 1. The molecule has 3 aromatic rings. The molecule has 1 aromatic heterocycles. The van der Waals surface area contributed by atoms with Crippen LogP contribution < -0.4 is 11.3 Å². The second kappa shape index (κ2) is 5.72. The van der Waals surface area contributed by atoms with E-state index < -0.39 is 23.2 Å². The van der Waals surface area contributed by atoms with Gasteiger partial charge in [-0.15, -0.1) is 0 Å². The molecule has 3 rings (SSSR count). The van der Waals surface area contributed by atoms with Crippen LogP contribution in [-0.4, -0.2) is 9.55 Å².